The molecule has 88 valence electrons. The van der Waals surface area contributed by atoms with Crippen LogP contribution in [0, 0.1) is 5.92 Å². The standard InChI is InChI=1S/C14H21NO/c16-13-9-12-7-4-8-15(12)14(10-13)11-5-2-1-3-6-11/h10-12H,1-9H2/t12-/m0/s1. The highest BCUT2D eigenvalue weighted by Gasteiger charge is 2.35. The van der Waals surface area contributed by atoms with E-state index in [1.807, 2.05) is 6.08 Å². The maximum absolute atomic E-state index is 11.8. The Morgan fingerprint density at radius 1 is 1.06 bits per heavy atom. The summed E-state index contributed by atoms with van der Waals surface area (Å²) in [5, 5.41) is 0. The third-order valence-corrected chi connectivity index (χ3v) is 4.48. The van der Waals surface area contributed by atoms with Crippen LogP contribution in [-0.2, 0) is 4.79 Å². The summed E-state index contributed by atoms with van der Waals surface area (Å²) in [6.07, 6.45) is 12.0. The summed E-state index contributed by atoms with van der Waals surface area (Å²) < 4.78 is 0. The van der Waals surface area contributed by atoms with Gasteiger partial charge in [0.05, 0.1) is 0 Å². The van der Waals surface area contributed by atoms with Gasteiger partial charge >= 0.3 is 0 Å². The van der Waals surface area contributed by atoms with Gasteiger partial charge in [-0.05, 0) is 31.6 Å². The molecule has 16 heavy (non-hydrogen) atoms. The lowest BCUT2D eigenvalue weighted by molar-refractivity contribution is -0.116. The first-order chi connectivity index (χ1) is 7.84. The Morgan fingerprint density at radius 3 is 2.69 bits per heavy atom. The fourth-order valence-corrected chi connectivity index (χ4v) is 3.68. The van der Waals surface area contributed by atoms with Gasteiger partial charge in [-0.1, -0.05) is 19.3 Å². The van der Waals surface area contributed by atoms with E-state index in [9.17, 15) is 4.79 Å². The smallest absolute Gasteiger partial charge is 0.159 e. The number of carbonyl (C=O) groups is 1. The monoisotopic (exact) mass is 219 g/mol. The molecular formula is C14H21NO. The predicted octanol–water partition coefficient (Wildman–Crippen LogP) is 2.89. The molecule has 0 aromatic carbocycles. The Labute approximate surface area is 97.7 Å². The summed E-state index contributed by atoms with van der Waals surface area (Å²) in [5.74, 6) is 1.07. The molecule has 0 unspecified atom stereocenters. The van der Waals surface area contributed by atoms with E-state index in [0.717, 1.165) is 6.42 Å². The van der Waals surface area contributed by atoms with Crippen LogP contribution in [0.3, 0.4) is 0 Å². The third kappa shape index (κ3) is 1.79. The molecule has 2 heterocycles. The summed E-state index contributed by atoms with van der Waals surface area (Å²) in [6, 6.07) is 0.550. The molecule has 3 aliphatic rings. The molecule has 3 rings (SSSR count). The topological polar surface area (TPSA) is 20.3 Å². The highest BCUT2D eigenvalue weighted by Crippen LogP contribution is 2.38. The number of rotatable bonds is 1. The molecule has 1 atom stereocenters. The van der Waals surface area contributed by atoms with E-state index in [1.54, 1.807) is 0 Å². The van der Waals surface area contributed by atoms with Crippen molar-refractivity contribution >= 4 is 5.78 Å². The maximum atomic E-state index is 11.8. The normalized spacial score (nSPS) is 31.5. The molecule has 0 amide bonds. The summed E-state index contributed by atoms with van der Waals surface area (Å²) in [4.78, 5) is 14.3. The van der Waals surface area contributed by atoms with E-state index in [-0.39, 0.29) is 0 Å². The summed E-state index contributed by atoms with van der Waals surface area (Å²) in [5.41, 5.74) is 1.40. The van der Waals surface area contributed by atoms with Crippen LogP contribution in [0.15, 0.2) is 11.8 Å². The molecule has 1 aliphatic carbocycles. The van der Waals surface area contributed by atoms with Gasteiger partial charge in [-0.3, -0.25) is 4.79 Å². The van der Waals surface area contributed by atoms with Crippen LogP contribution in [0.1, 0.15) is 51.4 Å². The van der Waals surface area contributed by atoms with E-state index in [0.29, 0.717) is 17.7 Å². The molecule has 0 aromatic rings. The molecule has 2 heteroatoms. The second-order valence-electron chi connectivity index (χ2n) is 5.56. The van der Waals surface area contributed by atoms with Crippen molar-refractivity contribution in [3.8, 4) is 0 Å². The maximum Gasteiger partial charge on any atom is 0.159 e. The van der Waals surface area contributed by atoms with Crippen molar-refractivity contribution in [2.75, 3.05) is 6.54 Å². The van der Waals surface area contributed by atoms with Crippen LogP contribution in [-0.4, -0.2) is 23.3 Å². The zero-order chi connectivity index (χ0) is 11.0. The van der Waals surface area contributed by atoms with Gasteiger partial charge in [0.15, 0.2) is 5.78 Å². The molecular weight excluding hydrogens is 198 g/mol. The first-order valence-electron chi connectivity index (χ1n) is 6.85. The molecule has 0 radical (unpaired) electrons. The average molecular weight is 219 g/mol. The number of carbonyl (C=O) groups excluding carboxylic acids is 1. The number of allylic oxidation sites excluding steroid dienone is 2. The Morgan fingerprint density at radius 2 is 1.88 bits per heavy atom. The first-order valence-corrected chi connectivity index (χ1v) is 6.85. The van der Waals surface area contributed by atoms with Crippen molar-refractivity contribution in [1.82, 2.24) is 4.90 Å². The van der Waals surface area contributed by atoms with Gasteiger partial charge in [-0.2, -0.15) is 0 Å². The van der Waals surface area contributed by atoms with E-state index in [4.69, 9.17) is 0 Å². The number of hydrogen-bond acceptors (Lipinski definition) is 2. The third-order valence-electron chi connectivity index (χ3n) is 4.48. The van der Waals surface area contributed by atoms with Crippen molar-refractivity contribution in [2.45, 2.75) is 57.4 Å². The van der Waals surface area contributed by atoms with Gasteiger partial charge < -0.3 is 4.90 Å². The van der Waals surface area contributed by atoms with E-state index >= 15 is 0 Å². The lowest BCUT2D eigenvalue weighted by Crippen LogP contribution is -2.37. The summed E-state index contributed by atoms with van der Waals surface area (Å²) in [6.45, 7) is 1.19. The van der Waals surface area contributed by atoms with Gasteiger partial charge in [0.1, 0.15) is 0 Å². The highest BCUT2D eigenvalue weighted by atomic mass is 16.1. The van der Waals surface area contributed by atoms with Crippen LogP contribution in [0.2, 0.25) is 0 Å². The molecule has 2 aliphatic heterocycles. The number of hydrogen-bond donors (Lipinski definition) is 0. The Hall–Kier alpha value is -0.790. The van der Waals surface area contributed by atoms with Crippen molar-refractivity contribution in [3.05, 3.63) is 11.8 Å². The van der Waals surface area contributed by atoms with Crippen LogP contribution >= 0.6 is 0 Å². The predicted molar refractivity (Wildman–Crippen MR) is 64.0 cm³/mol. The largest absolute Gasteiger partial charge is 0.371 e. The second-order valence-corrected chi connectivity index (χ2v) is 5.56. The fraction of sp³-hybridized carbons (Fsp3) is 0.786. The summed E-state index contributed by atoms with van der Waals surface area (Å²) >= 11 is 0. The Balaban J connectivity index is 1.82. The minimum absolute atomic E-state index is 0.378. The molecule has 0 aromatic heterocycles. The molecule has 0 spiro atoms. The van der Waals surface area contributed by atoms with E-state index in [1.165, 1.54) is 57.2 Å². The van der Waals surface area contributed by atoms with Crippen LogP contribution in [0.4, 0.5) is 0 Å². The Kier molecular flexibility index (Phi) is 2.74. The van der Waals surface area contributed by atoms with Crippen LogP contribution in [0.25, 0.3) is 0 Å². The van der Waals surface area contributed by atoms with Crippen LogP contribution in [0.5, 0.6) is 0 Å². The van der Waals surface area contributed by atoms with Crippen molar-refractivity contribution in [3.63, 3.8) is 0 Å². The molecule has 0 N–H and O–H groups in total. The zero-order valence-electron chi connectivity index (χ0n) is 9.95. The number of ketones is 1. The van der Waals surface area contributed by atoms with Gasteiger partial charge in [0, 0.05) is 30.8 Å². The molecule has 1 saturated heterocycles. The van der Waals surface area contributed by atoms with Gasteiger partial charge in [0.25, 0.3) is 0 Å². The summed E-state index contributed by atoms with van der Waals surface area (Å²) in [7, 11) is 0. The number of nitrogens with zero attached hydrogens (tertiary/aromatic N) is 1. The minimum Gasteiger partial charge on any atom is -0.371 e. The average Bonchev–Trinajstić information content (AvgIpc) is 2.77. The quantitative estimate of drug-likeness (QED) is 0.676. The lowest BCUT2D eigenvalue weighted by Gasteiger charge is -2.37. The lowest BCUT2D eigenvalue weighted by atomic mass is 9.84. The van der Waals surface area contributed by atoms with Crippen molar-refractivity contribution in [1.29, 1.82) is 0 Å². The van der Waals surface area contributed by atoms with Gasteiger partial charge in [0.2, 0.25) is 0 Å². The fourth-order valence-electron chi connectivity index (χ4n) is 3.68. The SMILES string of the molecule is O=C1C=C(C2CCCCC2)N2CCC[C@H]2C1. The molecule has 2 nitrogen and oxygen atoms in total. The van der Waals surface area contributed by atoms with Gasteiger partial charge in [-0.25, -0.2) is 0 Å². The van der Waals surface area contributed by atoms with E-state index < -0.39 is 0 Å². The Bertz CT molecular complexity index is 315. The van der Waals surface area contributed by atoms with E-state index in [2.05, 4.69) is 4.90 Å². The number of fused-ring (bicyclic) bond motifs is 1. The second kappa shape index (κ2) is 4.23. The molecule has 1 saturated carbocycles. The zero-order valence-corrected chi connectivity index (χ0v) is 9.95. The van der Waals surface area contributed by atoms with Crippen LogP contribution < -0.4 is 0 Å². The van der Waals surface area contributed by atoms with Crippen molar-refractivity contribution < 1.29 is 4.79 Å². The molecule has 2 fully saturated rings. The minimum atomic E-state index is 0.378. The highest BCUT2D eigenvalue weighted by molar-refractivity contribution is 5.91. The van der Waals surface area contributed by atoms with Crippen molar-refractivity contribution in [2.24, 2.45) is 5.92 Å². The van der Waals surface area contributed by atoms with Gasteiger partial charge in [-0.15, -0.1) is 0 Å². The molecule has 0 bridgehead atoms. The first kappa shape index (κ1) is 10.4.